The van der Waals surface area contributed by atoms with Crippen LogP contribution in [-0.4, -0.2) is 74.6 Å². The lowest BCUT2D eigenvalue weighted by Gasteiger charge is -2.26. The normalized spacial score (nSPS) is 14.2. The summed E-state index contributed by atoms with van der Waals surface area (Å²) in [7, 11) is 0.808. The number of anilines is 1. The predicted octanol–water partition coefficient (Wildman–Crippen LogP) is 3.30. The number of hydrogen-bond acceptors (Lipinski definition) is 7. The Balaban J connectivity index is 0.00000235. The zero-order chi connectivity index (χ0) is 27.8. The molecule has 0 bridgehead atoms. The maximum absolute atomic E-state index is 13.8. The summed E-state index contributed by atoms with van der Waals surface area (Å²) in [5.74, 6) is 0.806. The Morgan fingerprint density at radius 1 is 1.22 bits per heavy atom. The van der Waals surface area contributed by atoms with Gasteiger partial charge in [0.1, 0.15) is 11.6 Å². The molecular weight excluding hydrogens is 496 g/mol. The van der Waals surface area contributed by atoms with Gasteiger partial charge >= 0.3 is 0 Å². The van der Waals surface area contributed by atoms with Gasteiger partial charge in [-0.1, -0.05) is 27.7 Å². The number of aliphatic hydroxyl groups excluding tert-OH is 1. The fourth-order valence-corrected chi connectivity index (χ4v) is 5.60. The number of ether oxygens (including phenoxy) is 2. The van der Waals surface area contributed by atoms with Crippen LogP contribution >= 0.6 is 0 Å². The zero-order valence-corrected chi connectivity index (χ0v) is 23.9. The second-order valence-electron chi connectivity index (χ2n) is 9.44. The molecule has 10 nitrogen and oxygen atoms in total. The number of carbonyl (C=O) groups is 1. The van der Waals surface area contributed by atoms with Crippen LogP contribution in [0.2, 0.25) is 0 Å². The van der Waals surface area contributed by atoms with Crippen LogP contribution in [0, 0.1) is 11.8 Å². The van der Waals surface area contributed by atoms with E-state index in [1.54, 1.807) is 27.2 Å². The number of nitrogens with zero attached hydrogens (tertiary/aromatic N) is 4. The Kier molecular flexibility index (Phi) is 11.4. The average molecular weight is 539 g/mol. The van der Waals surface area contributed by atoms with Crippen molar-refractivity contribution in [3.8, 4) is 5.75 Å². The molecule has 2 aromatic rings. The lowest BCUT2D eigenvalue weighted by atomic mass is 10.0. The Morgan fingerprint density at radius 2 is 1.86 bits per heavy atom. The molecule has 11 heteroatoms. The van der Waals surface area contributed by atoms with Crippen LogP contribution in [0.15, 0.2) is 29.2 Å². The molecule has 1 aliphatic rings. The summed E-state index contributed by atoms with van der Waals surface area (Å²) in [4.78, 5) is 13.8. The zero-order valence-electron chi connectivity index (χ0n) is 23.1. The van der Waals surface area contributed by atoms with Crippen molar-refractivity contribution in [2.75, 3.05) is 44.8 Å². The number of amides is 1. The average Bonchev–Trinajstić information content (AvgIpc) is 3.27. The van der Waals surface area contributed by atoms with Crippen molar-refractivity contribution in [2.24, 2.45) is 18.9 Å². The van der Waals surface area contributed by atoms with Gasteiger partial charge in [-0.15, -0.1) is 0 Å². The summed E-state index contributed by atoms with van der Waals surface area (Å²) in [6.45, 7) is 9.56. The standard InChI is InChI=1S/C24H36N4O6S.C2H6/c1-17(2)14-28(23-13-21(25-27(23)5)24(30)26(3)4)35(31,32)20-6-7-22(19(12-20)15-29)34-16-18-8-10-33-11-9-18;1-2/h6-7,12-13,17-18,29H,8-11,14-16H2,1-5H3;1-2H3. The lowest BCUT2D eigenvalue weighted by Crippen LogP contribution is -2.35. The third-order valence-electron chi connectivity index (χ3n) is 5.87. The van der Waals surface area contributed by atoms with E-state index in [1.807, 2.05) is 27.7 Å². The van der Waals surface area contributed by atoms with Gasteiger partial charge in [-0.3, -0.25) is 9.48 Å². The first-order valence-electron chi connectivity index (χ1n) is 12.8. The minimum absolute atomic E-state index is 0.00654. The monoisotopic (exact) mass is 538 g/mol. The molecule has 0 saturated carbocycles. The van der Waals surface area contributed by atoms with Gasteiger partial charge in [0.05, 0.1) is 18.1 Å². The highest BCUT2D eigenvalue weighted by Gasteiger charge is 2.30. The number of aryl methyl sites for hydroxylation is 1. The highest BCUT2D eigenvalue weighted by molar-refractivity contribution is 7.92. The van der Waals surface area contributed by atoms with Gasteiger partial charge in [-0.2, -0.15) is 5.10 Å². The Morgan fingerprint density at radius 3 is 2.43 bits per heavy atom. The van der Waals surface area contributed by atoms with Crippen LogP contribution < -0.4 is 9.04 Å². The molecular formula is C26H42N4O6S. The van der Waals surface area contributed by atoms with E-state index < -0.39 is 10.0 Å². The van der Waals surface area contributed by atoms with Crippen LogP contribution in [0.5, 0.6) is 5.75 Å². The van der Waals surface area contributed by atoms with Crippen molar-refractivity contribution in [1.29, 1.82) is 0 Å². The van der Waals surface area contributed by atoms with E-state index in [2.05, 4.69) is 5.10 Å². The van der Waals surface area contributed by atoms with Crippen LogP contribution in [0.25, 0.3) is 0 Å². The molecule has 37 heavy (non-hydrogen) atoms. The molecule has 0 unspecified atom stereocenters. The van der Waals surface area contributed by atoms with E-state index in [1.165, 1.54) is 32.1 Å². The minimum Gasteiger partial charge on any atom is -0.493 e. The fraction of sp³-hybridized carbons (Fsp3) is 0.615. The maximum atomic E-state index is 13.8. The molecule has 1 aromatic heterocycles. The minimum atomic E-state index is -4.02. The van der Waals surface area contributed by atoms with Gasteiger partial charge in [-0.05, 0) is 42.9 Å². The molecule has 1 fully saturated rings. The summed E-state index contributed by atoms with van der Waals surface area (Å²) in [6, 6.07) is 6.02. The molecule has 1 aromatic carbocycles. The smallest absolute Gasteiger partial charge is 0.273 e. The lowest BCUT2D eigenvalue weighted by molar-refractivity contribution is 0.0494. The Hall–Kier alpha value is -2.63. The number of sulfonamides is 1. The third-order valence-corrected chi connectivity index (χ3v) is 7.64. The molecule has 1 N–H and O–H groups in total. The first-order chi connectivity index (χ1) is 17.5. The summed E-state index contributed by atoms with van der Waals surface area (Å²) in [6.07, 6.45) is 1.82. The van der Waals surface area contributed by atoms with Crippen molar-refractivity contribution in [2.45, 2.75) is 52.0 Å². The van der Waals surface area contributed by atoms with Crippen LogP contribution in [0.1, 0.15) is 56.6 Å². The highest BCUT2D eigenvalue weighted by Crippen LogP contribution is 2.30. The van der Waals surface area contributed by atoms with Crippen LogP contribution in [0.4, 0.5) is 5.82 Å². The quantitative estimate of drug-likeness (QED) is 0.494. The largest absolute Gasteiger partial charge is 0.493 e. The molecule has 1 aliphatic heterocycles. The number of benzene rings is 1. The second kappa shape index (κ2) is 13.8. The first-order valence-corrected chi connectivity index (χ1v) is 14.2. The summed E-state index contributed by atoms with van der Waals surface area (Å²) in [5.41, 5.74) is 0.556. The topological polar surface area (TPSA) is 114 Å². The van der Waals surface area contributed by atoms with Gasteiger partial charge in [0.25, 0.3) is 15.9 Å². The third kappa shape index (κ3) is 7.68. The second-order valence-corrected chi connectivity index (χ2v) is 11.3. The predicted molar refractivity (Wildman–Crippen MR) is 143 cm³/mol. The van der Waals surface area contributed by atoms with E-state index in [9.17, 15) is 18.3 Å². The molecule has 0 radical (unpaired) electrons. The van der Waals surface area contributed by atoms with Crippen molar-refractivity contribution in [3.05, 3.63) is 35.5 Å². The molecule has 0 aliphatic carbocycles. The number of hydrogen-bond donors (Lipinski definition) is 1. The first kappa shape index (κ1) is 30.6. The van der Waals surface area contributed by atoms with Gasteiger partial charge in [0, 0.05) is 52.5 Å². The molecule has 1 saturated heterocycles. The van der Waals surface area contributed by atoms with E-state index >= 15 is 0 Å². The van der Waals surface area contributed by atoms with E-state index in [0.29, 0.717) is 37.1 Å². The Labute approximate surface area is 221 Å². The van der Waals surface area contributed by atoms with Crippen molar-refractivity contribution < 1.29 is 27.8 Å². The number of carbonyl (C=O) groups excluding carboxylic acids is 1. The van der Waals surface area contributed by atoms with Crippen molar-refractivity contribution in [3.63, 3.8) is 0 Å². The summed E-state index contributed by atoms with van der Waals surface area (Å²) < 4.78 is 41.5. The molecule has 0 spiro atoms. The van der Waals surface area contributed by atoms with Crippen molar-refractivity contribution >= 4 is 21.7 Å². The van der Waals surface area contributed by atoms with Crippen molar-refractivity contribution in [1.82, 2.24) is 14.7 Å². The van der Waals surface area contributed by atoms with E-state index in [0.717, 1.165) is 12.8 Å². The molecule has 0 atom stereocenters. The SMILES string of the molecule is CC.CC(C)CN(c1cc(C(=O)N(C)C)nn1C)S(=O)(=O)c1ccc(OCC2CCOCC2)c(CO)c1. The molecule has 208 valence electrons. The maximum Gasteiger partial charge on any atom is 0.273 e. The van der Waals surface area contributed by atoms with Crippen LogP contribution in [0.3, 0.4) is 0 Å². The van der Waals surface area contributed by atoms with Crippen LogP contribution in [-0.2, 0) is 28.4 Å². The number of aliphatic hydroxyl groups is 1. The van der Waals surface area contributed by atoms with E-state index in [-0.39, 0.29) is 41.4 Å². The molecule has 1 amide bonds. The molecule has 2 heterocycles. The van der Waals surface area contributed by atoms with Gasteiger partial charge in [0.15, 0.2) is 5.69 Å². The molecule has 3 rings (SSSR count). The number of rotatable bonds is 10. The van der Waals surface area contributed by atoms with E-state index in [4.69, 9.17) is 9.47 Å². The van der Waals surface area contributed by atoms with Gasteiger partial charge in [0.2, 0.25) is 0 Å². The van der Waals surface area contributed by atoms with Gasteiger partial charge < -0.3 is 19.5 Å². The fourth-order valence-electron chi connectivity index (χ4n) is 3.90. The summed E-state index contributed by atoms with van der Waals surface area (Å²) >= 11 is 0. The van der Waals surface area contributed by atoms with Gasteiger partial charge in [-0.25, -0.2) is 12.7 Å². The Bertz CT molecular complexity index is 1120. The summed E-state index contributed by atoms with van der Waals surface area (Å²) in [5, 5.41) is 14.2. The highest BCUT2D eigenvalue weighted by atomic mass is 32.2. The number of aromatic nitrogens is 2.